The lowest BCUT2D eigenvalue weighted by molar-refractivity contribution is 0.484. The Hall–Kier alpha value is -2.22. The first kappa shape index (κ1) is 19.5. The Morgan fingerprint density at radius 1 is 1.04 bits per heavy atom. The van der Waals surface area contributed by atoms with Gasteiger partial charge in [0, 0.05) is 11.1 Å². The minimum absolute atomic E-state index is 0.277. The van der Waals surface area contributed by atoms with Crippen molar-refractivity contribution in [1.29, 1.82) is 0 Å². The number of amidine groups is 1. The largest absolute Gasteiger partial charge is 0.293 e. The molecule has 1 aliphatic rings. The molecule has 0 atom stereocenters. The van der Waals surface area contributed by atoms with Crippen LogP contribution in [0.2, 0.25) is 0 Å². The summed E-state index contributed by atoms with van der Waals surface area (Å²) >= 11 is 0. The first-order valence-corrected chi connectivity index (χ1v) is 10.4. The summed E-state index contributed by atoms with van der Waals surface area (Å²) in [7, 11) is -3.51. The Morgan fingerprint density at radius 3 is 2.07 bits per heavy atom. The van der Waals surface area contributed by atoms with Crippen LogP contribution in [0.15, 0.2) is 58.4 Å². The number of nitrogens with zero attached hydrogens (tertiary/aromatic N) is 2. The van der Waals surface area contributed by atoms with E-state index in [4.69, 9.17) is 5.84 Å². The Kier molecular flexibility index (Phi) is 5.37. The van der Waals surface area contributed by atoms with E-state index in [0.717, 1.165) is 42.0 Å². The van der Waals surface area contributed by atoms with Crippen molar-refractivity contribution < 1.29 is 8.42 Å². The molecule has 2 aromatic carbocycles. The lowest BCUT2D eigenvalue weighted by Gasteiger charge is -2.20. The van der Waals surface area contributed by atoms with Crippen LogP contribution in [0, 0.1) is 0 Å². The maximum Gasteiger partial charge on any atom is 0.241 e. The molecule has 0 saturated carbocycles. The van der Waals surface area contributed by atoms with Crippen LogP contribution >= 0.6 is 0 Å². The van der Waals surface area contributed by atoms with Gasteiger partial charge in [0.15, 0.2) is 0 Å². The van der Waals surface area contributed by atoms with E-state index >= 15 is 0 Å². The first-order chi connectivity index (χ1) is 12.6. The van der Waals surface area contributed by atoms with E-state index < -0.39 is 15.6 Å². The first-order valence-electron chi connectivity index (χ1n) is 8.93. The van der Waals surface area contributed by atoms with Crippen LogP contribution in [0.5, 0.6) is 0 Å². The highest BCUT2D eigenvalue weighted by Crippen LogP contribution is 2.17. The van der Waals surface area contributed by atoms with Crippen molar-refractivity contribution in [1.82, 2.24) is 9.73 Å². The summed E-state index contributed by atoms with van der Waals surface area (Å²) in [6, 6.07) is 15.2. The summed E-state index contributed by atoms with van der Waals surface area (Å²) in [4.78, 5) is 4.69. The molecule has 1 aliphatic heterocycles. The highest BCUT2D eigenvalue weighted by Gasteiger charge is 2.21. The van der Waals surface area contributed by atoms with Crippen LogP contribution < -0.4 is 10.6 Å². The van der Waals surface area contributed by atoms with Gasteiger partial charge in [0.2, 0.25) is 10.0 Å². The zero-order valence-corrected chi connectivity index (χ0v) is 16.8. The molecule has 1 heterocycles. The van der Waals surface area contributed by atoms with E-state index in [-0.39, 0.29) is 4.90 Å². The van der Waals surface area contributed by atoms with E-state index in [1.807, 2.05) is 45.0 Å². The summed E-state index contributed by atoms with van der Waals surface area (Å²) in [6.07, 6.45) is 0.728. The van der Waals surface area contributed by atoms with E-state index in [1.165, 1.54) is 0 Å². The van der Waals surface area contributed by atoms with Gasteiger partial charge in [-0.25, -0.2) is 19.0 Å². The maximum absolute atomic E-state index is 12.4. The molecule has 6 nitrogen and oxygen atoms in total. The number of rotatable bonds is 5. The van der Waals surface area contributed by atoms with Gasteiger partial charge in [-0.3, -0.25) is 10.0 Å². The summed E-state index contributed by atoms with van der Waals surface area (Å²) < 4.78 is 27.4. The Morgan fingerprint density at radius 2 is 1.59 bits per heavy atom. The zero-order valence-electron chi connectivity index (χ0n) is 15.9. The quantitative estimate of drug-likeness (QED) is 0.772. The highest BCUT2D eigenvalue weighted by atomic mass is 32.2. The van der Waals surface area contributed by atoms with Crippen LogP contribution in [0.3, 0.4) is 0 Å². The molecule has 0 fully saturated rings. The molecule has 144 valence electrons. The fourth-order valence-electron chi connectivity index (χ4n) is 2.97. The molecule has 0 unspecified atom stereocenters. The van der Waals surface area contributed by atoms with Crippen LogP contribution in [-0.2, 0) is 16.4 Å². The summed E-state index contributed by atoms with van der Waals surface area (Å²) in [6.45, 7) is 6.94. The fraction of sp³-hybridized carbons (Fsp3) is 0.350. The van der Waals surface area contributed by atoms with Gasteiger partial charge in [-0.1, -0.05) is 36.4 Å². The molecule has 0 bridgehead atoms. The number of hydrogen-bond donors (Lipinski definition) is 2. The molecule has 0 aromatic heterocycles. The highest BCUT2D eigenvalue weighted by molar-refractivity contribution is 7.89. The number of benzene rings is 2. The Bertz CT molecular complexity index is 927. The summed E-state index contributed by atoms with van der Waals surface area (Å²) in [5.74, 6) is 6.73. The zero-order chi connectivity index (χ0) is 19.7. The van der Waals surface area contributed by atoms with E-state index in [2.05, 4.69) is 21.8 Å². The number of nitrogens with one attached hydrogen (secondary N) is 1. The minimum atomic E-state index is -3.51. The Labute approximate surface area is 161 Å². The molecule has 0 radical (unpaired) electrons. The molecule has 0 saturated heterocycles. The molecule has 3 rings (SSSR count). The van der Waals surface area contributed by atoms with Gasteiger partial charge < -0.3 is 0 Å². The van der Waals surface area contributed by atoms with E-state index in [1.54, 1.807) is 17.1 Å². The third-order valence-corrected chi connectivity index (χ3v) is 5.94. The van der Waals surface area contributed by atoms with Crippen molar-refractivity contribution in [2.24, 2.45) is 10.8 Å². The molecular formula is C20H26N4O2S. The van der Waals surface area contributed by atoms with Crippen LogP contribution in [0.4, 0.5) is 0 Å². The number of hydrogen-bond acceptors (Lipinski definition) is 5. The molecule has 2 aromatic rings. The fourth-order valence-corrected chi connectivity index (χ4v) is 4.39. The second-order valence-electron chi connectivity index (χ2n) is 7.77. The predicted molar refractivity (Wildman–Crippen MR) is 108 cm³/mol. The van der Waals surface area contributed by atoms with Gasteiger partial charge in [-0.05, 0) is 50.5 Å². The molecular weight excluding hydrogens is 360 g/mol. The number of sulfonamides is 1. The van der Waals surface area contributed by atoms with Crippen molar-refractivity contribution in [3.63, 3.8) is 0 Å². The lowest BCUT2D eigenvalue weighted by Crippen LogP contribution is -2.40. The van der Waals surface area contributed by atoms with Crippen molar-refractivity contribution in [2.75, 3.05) is 13.1 Å². The molecule has 3 N–H and O–H groups in total. The van der Waals surface area contributed by atoms with Crippen LogP contribution in [0.25, 0.3) is 0 Å². The van der Waals surface area contributed by atoms with Gasteiger partial charge in [-0.15, -0.1) is 0 Å². The SMILES string of the molecule is CC(C)(C)NS(=O)(=O)c1ccc(Cc2ccc(C3=NCCN3N)cc2)cc1. The third-order valence-electron chi connectivity index (χ3n) is 4.17. The van der Waals surface area contributed by atoms with E-state index in [9.17, 15) is 8.42 Å². The van der Waals surface area contributed by atoms with Crippen LogP contribution in [0.1, 0.15) is 37.5 Å². The van der Waals surface area contributed by atoms with E-state index in [0.29, 0.717) is 0 Å². The van der Waals surface area contributed by atoms with Crippen LogP contribution in [-0.4, -0.2) is 37.9 Å². The number of nitrogens with two attached hydrogens (primary N) is 1. The normalized spacial score (nSPS) is 15.1. The second kappa shape index (κ2) is 7.42. The topological polar surface area (TPSA) is 87.8 Å². The molecule has 0 aliphatic carbocycles. The standard InChI is InChI=1S/C20H26N4O2S/c1-20(2,3)23-27(25,26)18-10-6-16(7-11-18)14-15-4-8-17(9-5-15)19-22-12-13-24(19)21/h4-11,23H,12-14,21H2,1-3H3. The van der Waals surface area contributed by atoms with Gasteiger partial charge in [-0.2, -0.15) is 0 Å². The second-order valence-corrected chi connectivity index (χ2v) is 9.45. The predicted octanol–water partition coefficient (Wildman–Crippen LogP) is 2.29. The minimum Gasteiger partial charge on any atom is -0.293 e. The summed E-state index contributed by atoms with van der Waals surface area (Å²) in [5.41, 5.74) is 2.69. The van der Waals surface area contributed by atoms with Gasteiger partial charge in [0.25, 0.3) is 0 Å². The summed E-state index contributed by atoms with van der Waals surface area (Å²) in [5, 5.41) is 1.67. The van der Waals surface area contributed by atoms with Gasteiger partial charge in [0.1, 0.15) is 5.84 Å². The molecule has 27 heavy (non-hydrogen) atoms. The molecule has 0 spiro atoms. The monoisotopic (exact) mass is 386 g/mol. The molecule has 7 heteroatoms. The average molecular weight is 387 g/mol. The van der Waals surface area contributed by atoms with Crippen molar-refractivity contribution in [3.05, 3.63) is 65.2 Å². The third kappa shape index (κ3) is 4.94. The van der Waals surface area contributed by atoms with Gasteiger partial charge >= 0.3 is 0 Å². The van der Waals surface area contributed by atoms with Crippen molar-refractivity contribution in [2.45, 2.75) is 37.6 Å². The average Bonchev–Trinajstić information content (AvgIpc) is 3.00. The smallest absolute Gasteiger partial charge is 0.241 e. The van der Waals surface area contributed by atoms with Gasteiger partial charge in [0.05, 0.1) is 18.0 Å². The number of aliphatic imine (C=N–C) groups is 1. The van der Waals surface area contributed by atoms with Crippen molar-refractivity contribution in [3.8, 4) is 0 Å². The van der Waals surface area contributed by atoms with Crippen molar-refractivity contribution >= 4 is 15.9 Å². The lowest BCUT2D eigenvalue weighted by atomic mass is 10.0. The number of hydrazine groups is 1. The molecule has 0 amide bonds. The Balaban J connectivity index is 1.70. The maximum atomic E-state index is 12.4.